The lowest BCUT2D eigenvalue weighted by Gasteiger charge is -2.20. The van der Waals surface area contributed by atoms with E-state index in [1.807, 2.05) is 19.1 Å². The highest BCUT2D eigenvalue weighted by Gasteiger charge is 2.16. The number of carbonyl (C=O) groups excluding carboxylic acids is 1. The van der Waals surface area contributed by atoms with Crippen LogP contribution in [0.2, 0.25) is 5.02 Å². The lowest BCUT2D eigenvalue weighted by molar-refractivity contribution is -0.118. The first-order valence-corrected chi connectivity index (χ1v) is 12.2. The van der Waals surface area contributed by atoms with Crippen LogP contribution in [0.5, 0.6) is 5.75 Å². The van der Waals surface area contributed by atoms with Gasteiger partial charge in [-0.05, 0) is 72.0 Å². The SMILES string of the molecule is Cc1cc(C(C)(C)C)ccc1OCC(=O)Nc1ccc(S(=O)(=O)Nc2cccc(Cl)c2)cc1. The zero-order chi connectivity index (χ0) is 24.2. The van der Waals surface area contributed by atoms with E-state index in [2.05, 4.69) is 36.9 Å². The summed E-state index contributed by atoms with van der Waals surface area (Å²) in [6.07, 6.45) is 0. The molecule has 0 bridgehead atoms. The number of carbonyl (C=O) groups is 1. The van der Waals surface area contributed by atoms with Crippen molar-refractivity contribution < 1.29 is 17.9 Å². The molecule has 3 rings (SSSR count). The highest BCUT2D eigenvalue weighted by molar-refractivity contribution is 7.92. The molecule has 2 N–H and O–H groups in total. The Balaban J connectivity index is 1.59. The first-order valence-electron chi connectivity index (χ1n) is 10.4. The molecule has 3 aromatic carbocycles. The van der Waals surface area contributed by atoms with Crippen LogP contribution in [-0.2, 0) is 20.2 Å². The molecule has 33 heavy (non-hydrogen) atoms. The number of hydrogen-bond acceptors (Lipinski definition) is 4. The van der Waals surface area contributed by atoms with Gasteiger partial charge in [-0.3, -0.25) is 9.52 Å². The maximum Gasteiger partial charge on any atom is 0.262 e. The lowest BCUT2D eigenvalue weighted by Crippen LogP contribution is -2.20. The Bertz CT molecular complexity index is 1250. The van der Waals surface area contributed by atoms with Crippen molar-refractivity contribution in [1.29, 1.82) is 0 Å². The van der Waals surface area contributed by atoms with E-state index in [-0.39, 0.29) is 22.8 Å². The van der Waals surface area contributed by atoms with Crippen LogP contribution in [0.25, 0.3) is 0 Å². The number of amides is 1. The second-order valence-corrected chi connectivity index (χ2v) is 10.8. The minimum absolute atomic E-state index is 0.0317. The van der Waals surface area contributed by atoms with Crippen molar-refractivity contribution in [2.75, 3.05) is 16.6 Å². The van der Waals surface area contributed by atoms with Crippen LogP contribution < -0.4 is 14.8 Å². The van der Waals surface area contributed by atoms with Crippen molar-refractivity contribution in [2.45, 2.75) is 38.0 Å². The number of hydrogen-bond donors (Lipinski definition) is 2. The van der Waals surface area contributed by atoms with Crippen LogP contribution >= 0.6 is 11.6 Å². The van der Waals surface area contributed by atoms with Crippen molar-refractivity contribution in [3.63, 3.8) is 0 Å². The second kappa shape index (κ2) is 9.85. The predicted octanol–water partition coefficient (Wildman–Crippen LogP) is 5.76. The van der Waals surface area contributed by atoms with Crippen LogP contribution in [-0.4, -0.2) is 20.9 Å². The first kappa shape index (κ1) is 24.6. The monoisotopic (exact) mass is 486 g/mol. The van der Waals surface area contributed by atoms with Crippen LogP contribution in [0.15, 0.2) is 71.6 Å². The molecule has 0 unspecified atom stereocenters. The smallest absolute Gasteiger partial charge is 0.262 e. The second-order valence-electron chi connectivity index (χ2n) is 8.71. The quantitative estimate of drug-likeness (QED) is 0.444. The van der Waals surface area contributed by atoms with Gasteiger partial charge in [0.25, 0.3) is 15.9 Å². The Labute approximate surface area is 200 Å². The zero-order valence-electron chi connectivity index (χ0n) is 19.0. The van der Waals surface area contributed by atoms with Gasteiger partial charge in [0.15, 0.2) is 6.61 Å². The molecule has 1 amide bonds. The van der Waals surface area contributed by atoms with Crippen LogP contribution in [0, 0.1) is 6.92 Å². The summed E-state index contributed by atoms with van der Waals surface area (Å²) in [6, 6.07) is 18.2. The molecule has 0 aliphatic carbocycles. The molecule has 0 spiro atoms. The Morgan fingerprint density at radius 2 is 1.67 bits per heavy atom. The van der Waals surface area contributed by atoms with E-state index in [4.69, 9.17) is 16.3 Å². The van der Waals surface area contributed by atoms with Crippen LogP contribution in [0.1, 0.15) is 31.9 Å². The van der Waals surface area contributed by atoms with E-state index in [0.717, 1.165) is 5.56 Å². The third-order valence-corrected chi connectivity index (χ3v) is 6.56. The Morgan fingerprint density at radius 1 is 0.970 bits per heavy atom. The molecule has 0 fully saturated rings. The average Bonchev–Trinajstić information content (AvgIpc) is 2.72. The summed E-state index contributed by atoms with van der Waals surface area (Å²) in [5, 5.41) is 3.13. The third-order valence-electron chi connectivity index (χ3n) is 4.92. The highest BCUT2D eigenvalue weighted by atomic mass is 35.5. The number of nitrogens with one attached hydrogen (secondary N) is 2. The summed E-state index contributed by atoms with van der Waals surface area (Å²) < 4.78 is 33.3. The normalized spacial score (nSPS) is 11.7. The predicted molar refractivity (Wildman–Crippen MR) is 133 cm³/mol. The molecule has 3 aromatic rings. The molecule has 6 nitrogen and oxygen atoms in total. The van der Waals surface area contributed by atoms with Crippen molar-refractivity contribution in [1.82, 2.24) is 0 Å². The average molecular weight is 487 g/mol. The molecule has 0 aromatic heterocycles. The van der Waals surface area contributed by atoms with Gasteiger partial charge in [-0.2, -0.15) is 0 Å². The van der Waals surface area contributed by atoms with E-state index in [1.165, 1.54) is 35.9 Å². The van der Waals surface area contributed by atoms with E-state index >= 15 is 0 Å². The fourth-order valence-corrected chi connectivity index (χ4v) is 4.34. The summed E-state index contributed by atoms with van der Waals surface area (Å²) in [4.78, 5) is 12.4. The molecule has 0 saturated heterocycles. The van der Waals surface area contributed by atoms with Crippen molar-refractivity contribution in [3.05, 3.63) is 82.9 Å². The third kappa shape index (κ3) is 6.73. The standard InChI is InChI=1S/C25H27ClN2O4S/c1-17-14-18(25(2,3)4)8-13-23(17)32-16-24(29)27-20-9-11-22(12-10-20)33(30,31)28-21-7-5-6-19(26)15-21/h5-15,28H,16H2,1-4H3,(H,27,29). The van der Waals surface area contributed by atoms with Gasteiger partial charge < -0.3 is 10.1 Å². The number of anilines is 2. The molecule has 174 valence electrons. The fraction of sp³-hybridized carbons (Fsp3) is 0.240. The molecule has 0 heterocycles. The number of aryl methyl sites for hydroxylation is 1. The first-order chi connectivity index (χ1) is 15.4. The summed E-state index contributed by atoms with van der Waals surface area (Å²) in [7, 11) is -3.79. The van der Waals surface area contributed by atoms with E-state index in [9.17, 15) is 13.2 Å². The minimum Gasteiger partial charge on any atom is -0.483 e. The molecule has 0 aliphatic heterocycles. The number of rotatable bonds is 7. The van der Waals surface area contributed by atoms with Crippen molar-refractivity contribution in [2.24, 2.45) is 0 Å². The summed E-state index contributed by atoms with van der Waals surface area (Å²) in [5.41, 5.74) is 3.01. The molecule has 0 atom stereocenters. The lowest BCUT2D eigenvalue weighted by atomic mass is 9.86. The van der Waals surface area contributed by atoms with Gasteiger partial charge in [0.05, 0.1) is 10.6 Å². The molecule has 8 heteroatoms. The van der Waals surface area contributed by atoms with E-state index in [1.54, 1.807) is 18.2 Å². The topological polar surface area (TPSA) is 84.5 Å². The van der Waals surface area contributed by atoms with E-state index < -0.39 is 10.0 Å². The molecule has 0 saturated carbocycles. The van der Waals surface area contributed by atoms with Crippen LogP contribution in [0.4, 0.5) is 11.4 Å². The zero-order valence-corrected chi connectivity index (χ0v) is 20.5. The van der Waals surface area contributed by atoms with Gasteiger partial charge >= 0.3 is 0 Å². The maximum atomic E-state index is 12.6. The molecule has 0 aliphatic rings. The Hall–Kier alpha value is -3.03. The molecular weight excluding hydrogens is 460 g/mol. The minimum atomic E-state index is -3.79. The van der Waals surface area contributed by atoms with Gasteiger partial charge in [-0.25, -0.2) is 8.42 Å². The van der Waals surface area contributed by atoms with Crippen molar-refractivity contribution in [3.8, 4) is 5.75 Å². The number of sulfonamides is 1. The summed E-state index contributed by atoms with van der Waals surface area (Å²) in [6.45, 7) is 8.20. The Morgan fingerprint density at radius 3 is 2.27 bits per heavy atom. The summed E-state index contributed by atoms with van der Waals surface area (Å²) >= 11 is 5.90. The van der Waals surface area contributed by atoms with Crippen LogP contribution in [0.3, 0.4) is 0 Å². The number of benzene rings is 3. The maximum absolute atomic E-state index is 12.6. The Kier molecular flexibility index (Phi) is 7.34. The van der Waals surface area contributed by atoms with Gasteiger partial charge in [-0.1, -0.05) is 50.6 Å². The number of halogens is 1. The molecular formula is C25H27ClN2O4S. The molecule has 0 radical (unpaired) electrons. The van der Waals surface area contributed by atoms with Gasteiger partial charge in [-0.15, -0.1) is 0 Å². The van der Waals surface area contributed by atoms with Gasteiger partial charge in [0.1, 0.15) is 5.75 Å². The highest BCUT2D eigenvalue weighted by Crippen LogP contribution is 2.27. The van der Waals surface area contributed by atoms with E-state index in [0.29, 0.717) is 22.1 Å². The largest absolute Gasteiger partial charge is 0.483 e. The van der Waals surface area contributed by atoms with Gasteiger partial charge in [0, 0.05) is 10.7 Å². The van der Waals surface area contributed by atoms with Gasteiger partial charge in [0.2, 0.25) is 0 Å². The van der Waals surface area contributed by atoms with Crippen molar-refractivity contribution >= 4 is 38.9 Å². The fourth-order valence-electron chi connectivity index (χ4n) is 3.10. The summed E-state index contributed by atoms with van der Waals surface area (Å²) in [5.74, 6) is 0.300. The number of ether oxygens (including phenoxy) is 1.